The topological polar surface area (TPSA) is 94.3 Å². The summed E-state index contributed by atoms with van der Waals surface area (Å²) in [5.74, 6) is 1.08. The summed E-state index contributed by atoms with van der Waals surface area (Å²) in [5.41, 5.74) is 13.3. The van der Waals surface area contributed by atoms with E-state index in [2.05, 4.69) is 0 Å². The summed E-state index contributed by atoms with van der Waals surface area (Å²) in [7, 11) is 3.06. The summed E-state index contributed by atoms with van der Waals surface area (Å²) >= 11 is 0. The van der Waals surface area contributed by atoms with Gasteiger partial charge in [0, 0.05) is 17.3 Å². The normalized spacial score (nSPS) is 10.5. The van der Waals surface area contributed by atoms with Crippen molar-refractivity contribution in [2.75, 3.05) is 20.0 Å². The number of allylic oxidation sites excluding steroid dienone is 2. The van der Waals surface area contributed by atoms with Crippen LogP contribution in [0.25, 0.3) is 5.57 Å². The molecule has 5 nitrogen and oxygen atoms in total. The molecule has 0 fully saturated rings. The minimum Gasteiger partial charge on any atom is -0.493 e. The van der Waals surface area contributed by atoms with Gasteiger partial charge in [0.25, 0.3) is 0 Å². The third-order valence-corrected chi connectivity index (χ3v) is 2.48. The van der Waals surface area contributed by atoms with E-state index < -0.39 is 0 Å². The molecule has 0 amide bonds. The second-order valence-corrected chi connectivity index (χ2v) is 3.44. The van der Waals surface area contributed by atoms with Gasteiger partial charge in [0.05, 0.1) is 14.2 Å². The molecular weight excluding hydrogens is 242 g/mol. The molecule has 0 aliphatic heterocycles. The molecule has 5 heteroatoms. The van der Waals surface area contributed by atoms with Gasteiger partial charge in [-0.3, -0.25) is 0 Å². The number of nitrogens with two attached hydrogens (primary N) is 2. The van der Waals surface area contributed by atoms with Crippen LogP contribution in [0, 0.1) is 11.3 Å². The van der Waals surface area contributed by atoms with Crippen LogP contribution in [0.2, 0.25) is 0 Å². The minimum atomic E-state index is 0.129. The number of anilines is 1. The quantitative estimate of drug-likeness (QED) is 0.645. The first kappa shape index (κ1) is 16.6. The zero-order chi connectivity index (χ0) is 15.0. The number of methoxy groups -OCH3 is 2. The molecule has 0 saturated heterocycles. The van der Waals surface area contributed by atoms with Crippen molar-refractivity contribution in [2.24, 2.45) is 5.73 Å². The highest BCUT2D eigenvalue weighted by atomic mass is 16.5. The van der Waals surface area contributed by atoms with Crippen molar-refractivity contribution in [3.8, 4) is 17.6 Å². The lowest BCUT2D eigenvalue weighted by atomic mass is 10.0. The zero-order valence-electron chi connectivity index (χ0n) is 12.1. The van der Waals surface area contributed by atoms with E-state index in [9.17, 15) is 0 Å². The van der Waals surface area contributed by atoms with Crippen molar-refractivity contribution in [1.82, 2.24) is 0 Å². The number of nitrogen functional groups attached to an aromatic ring is 1. The number of hydrogen-bond acceptors (Lipinski definition) is 5. The monoisotopic (exact) mass is 263 g/mol. The summed E-state index contributed by atoms with van der Waals surface area (Å²) in [5, 5.41) is 8.76. The number of rotatable bonds is 3. The van der Waals surface area contributed by atoms with E-state index in [0.29, 0.717) is 28.3 Å². The van der Waals surface area contributed by atoms with Gasteiger partial charge in [-0.15, -0.1) is 0 Å². The molecule has 0 aliphatic carbocycles. The molecule has 0 radical (unpaired) electrons. The van der Waals surface area contributed by atoms with Crippen LogP contribution in [-0.4, -0.2) is 14.2 Å². The van der Waals surface area contributed by atoms with Crippen molar-refractivity contribution < 1.29 is 9.47 Å². The molecule has 104 valence electrons. The summed E-state index contributed by atoms with van der Waals surface area (Å²) in [6, 6.07) is 5.23. The van der Waals surface area contributed by atoms with Gasteiger partial charge in [-0.2, -0.15) is 5.26 Å². The smallest absolute Gasteiger partial charge is 0.162 e. The molecule has 4 N–H and O–H groups in total. The van der Waals surface area contributed by atoms with E-state index in [0.717, 1.165) is 0 Å². The first-order chi connectivity index (χ1) is 9.04. The second kappa shape index (κ2) is 7.88. The molecule has 0 aliphatic rings. The molecule has 0 heterocycles. The average Bonchev–Trinajstić information content (AvgIpc) is 2.47. The third kappa shape index (κ3) is 3.81. The van der Waals surface area contributed by atoms with Crippen LogP contribution in [0.5, 0.6) is 11.5 Å². The van der Waals surface area contributed by atoms with Crippen molar-refractivity contribution >= 4 is 11.3 Å². The fourth-order valence-electron chi connectivity index (χ4n) is 1.45. The number of nitriles is 1. The first-order valence-electron chi connectivity index (χ1n) is 5.93. The maximum atomic E-state index is 8.76. The molecule has 1 rings (SSSR count). The first-order valence-corrected chi connectivity index (χ1v) is 5.93. The summed E-state index contributed by atoms with van der Waals surface area (Å²) in [4.78, 5) is 0. The summed E-state index contributed by atoms with van der Waals surface area (Å²) < 4.78 is 10.3. The Morgan fingerprint density at radius 1 is 1.16 bits per heavy atom. The number of ether oxygens (including phenoxy) is 2. The predicted octanol–water partition coefficient (Wildman–Crippen LogP) is 2.53. The Balaban J connectivity index is 0.00000154. The lowest BCUT2D eigenvalue weighted by molar-refractivity contribution is 0.355. The molecule has 1 aromatic rings. The van der Waals surface area contributed by atoms with Crippen LogP contribution in [0.1, 0.15) is 26.3 Å². The van der Waals surface area contributed by atoms with Gasteiger partial charge in [0.1, 0.15) is 11.8 Å². The van der Waals surface area contributed by atoms with Gasteiger partial charge < -0.3 is 20.9 Å². The zero-order valence-corrected chi connectivity index (χ0v) is 12.1. The Hall–Kier alpha value is -2.35. The number of benzene rings is 1. The van der Waals surface area contributed by atoms with E-state index >= 15 is 0 Å². The number of nitrogens with zero attached hydrogens (tertiary/aromatic N) is 1. The SMILES string of the molecule is CC.COc1cc(N)c(/C(C)=C(\N)C#N)cc1OC. The van der Waals surface area contributed by atoms with Gasteiger partial charge in [0.2, 0.25) is 0 Å². The van der Waals surface area contributed by atoms with Crippen molar-refractivity contribution in [2.45, 2.75) is 20.8 Å². The molecule has 0 aromatic heterocycles. The Bertz CT molecular complexity index is 502. The van der Waals surface area contributed by atoms with E-state index in [-0.39, 0.29) is 5.70 Å². The molecule has 1 aromatic carbocycles. The highest BCUT2D eigenvalue weighted by molar-refractivity contribution is 5.79. The molecule has 0 saturated carbocycles. The van der Waals surface area contributed by atoms with Gasteiger partial charge in [0.15, 0.2) is 11.5 Å². The maximum Gasteiger partial charge on any atom is 0.162 e. The van der Waals surface area contributed by atoms with Crippen molar-refractivity contribution in [3.63, 3.8) is 0 Å². The number of hydrogen-bond donors (Lipinski definition) is 2. The second-order valence-electron chi connectivity index (χ2n) is 3.44. The molecule has 0 unspecified atom stereocenters. The molecule has 0 bridgehead atoms. The van der Waals surface area contributed by atoms with Crippen LogP contribution in [0.15, 0.2) is 17.8 Å². The Morgan fingerprint density at radius 3 is 2.05 bits per heavy atom. The largest absolute Gasteiger partial charge is 0.493 e. The van der Waals surface area contributed by atoms with Crippen LogP contribution >= 0.6 is 0 Å². The minimum absolute atomic E-state index is 0.129. The van der Waals surface area contributed by atoms with Crippen LogP contribution < -0.4 is 20.9 Å². The van der Waals surface area contributed by atoms with Gasteiger partial charge >= 0.3 is 0 Å². The van der Waals surface area contributed by atoms with E-state index in [4.69, 9.17) is 26.2 Å². The fourth-order valence-corrected chi connectivity index (χ4v) is 1.45. The van der Waals surface area contributed by atoms with E-state index in [1.165, 1.54) is 14.2 Å². The Morgan fingerprint density at radius 2 is 1.63 bits per heavy atom. The van der Waals surface area contributed by atoms with Crippen molar-refractivity contribution in [1.29, 1.82) is 5.26 Å². The van der Waals surface area contributed by atoms with Gasteiger partial charge in [-0.05, 0) is 18.6 Å². The summed E-state index contributed by atoms with van der Waals surface area (Å²) in [6.45, 7) is 5.73. The molecule has 0 spiro atoms. The molecule has 19 heavy (non-hydrogen) atoms. The lowest BCUT2D eigenvalue weighted by Gasteiger charge is -2.13. The van der Waals surface area contributed by atoms with E-state index in [1.807, 2.05) is 19.9 Å². The van der Waals surface area contributed by atoms with Crippen LogP contribution in [-0.2, 0) is 0 Å². The van der Waals surface area contributed by atoms with Crippen molar-refractivity contribution in [3.05, 3.63) is 23.4 Å². The molecule has 0 atom stereocenters. The third-order valence-electron chi connectivity index (χ3n) is 2.48. The Kier molecular flexibility index (Phi) is 6.90. The van der Waals surface area contributed by atoms with Gasteiger partial charge in [-0.25, -0.2) is 0 Å². The van der Waals surface area contributed by atoms with Crippen LogP contribution in [0.3, 0.4) is 0 Å². The predicted molar refractivity (Wildman–Crippen MR) is 77.7 cm³/mol. The van der Waals surface area contributed by atoms with E-state index in [1.54, 1.807) is 19.1 Å². The molecular formula is C14H21N3O2. The van der Waals surface area contributed by atoms with Crippen LogP contribution in [0.4, 0.5) is 5.69 Å². The maximum absolute atomic E-state index is 8.76. The highest BCUT2D eigenvalue weighted by Crippen LogP contribution is 2.35. The Labute approximate surface area is 114 Å². The average molecular weight is 263 g/mol. The summed E-state index contributed by atoms with van der Waals surface area (Å²) in [6.07, 6.45) is 0. The van der Waals surface area contributed by atoms with Gasteiger partial charge in [-0.1, -0.05) is 13.8 Å². The highest BCUT2D eigenvalue weighted by Gasteiger charge is 2.12. The standard InChI is InChI=1S/C12H15N3O2.C2H6/c1-7(10(15)6-13)8-4-11(16-2)12(17-3)5-9(8)14;1-2/h4-5H,14-15H2,1-3H3;1-2H3/b10-7-;. The fraction of sp³-hybridized carbons (Fsp3) is 0.357. The lowest BCUT2D eigenvalue weighted by Crippen LogP contribution is -2.02.